The SMILES string of the molecule is CCNc1nc(OCC)nc(N(C)CC(C)(C)O)n1. The normalized spacial score (nSPS) is 11.3. The number of nitrogens with zero attached hydrogens (tertiary/aromatic N) is 4. The van der Waals surface area contributed by atoms with Crippen LogP contribution < -0.4 is 15.0 Å². The van der Waals surface area contributed by atoms with E-state index < -0.39 is 5.60 Å². The lowest BCUT2D eigenvalue weighted by atomic mass is 10.1. The molecule has 0 unspecified atom stereocenters. The molecule has 7 nitrogen and oxygen atoms in total. The Kier molecular flexibility index (Phi) is 5.29. The summed E-state index contributed by atoms with van der Waals surface area (Å²) in [7, 11) is 1.82. The Bertz CT molecular complexity index is 381. The largest absolute Gasteiger partial charge is 0.464 e. The molecule has 1 aromatic rings. The molecule has 0 atom stereocenters. The highest BCUT2D eigenvalue weighted by molar-refractivity contribution is 5.38. The molecular weight excluding hydrogens is 246 g/mol. The van der Waals surface area contributed by atoms with Crippen molar-refractivity contribution in [3.63, 3.8) is 0 Å². The summed E-state index contributed by atoms with van der Waals surface area (Å²) in [6.07, 6.45) is 0. The van der Waals surface area contributed by atoms with Gasteiger partial charge in [0.05, 0.1) is 12.2 Å². The first-order valence-corrected chi connectivity index (χ1v) is 6.42. The van der Waals surface area contributed by atoms with Crippen LogP contribution in [-0.2, 0) is 0 Å². The molecule has 1 heterocycles. The van der Waals surface area contributed by atoms with E-state index in [-0.39, 0.29) is 6.01 Å². The average Bonchev–Trinajstić information content (AvgIpc) is 2.27. The first-order chi connectivity index (χ1) is 8.85. The molecule has 0 aliphatic carbocycles. The second-order valence-electron chi connectivity index (χ2n) is 4.87. The minimum Gasteiger partial charge on any atom is -0.464 e. The lowest BCUT2D eigenvalue weighted by Gasteiger charge is -2.25. The summed E-state index contributed by atoms with van der Waals surface area (Å²) in [5.74, 6) is 0.940. The predicted octanol–water partition coefficient (Wildman–Crippen LogP) is 0.909. The second kappa shape index (κ2) is 6.51. The van der Waals surface area contributed by atoms with Gasteiger partial charge in [0.2, 0.25) is 11.9 Å². The quantitative estimate of drug-likeness (QED) is 0.761. The Morgan fingerprint density at radius 3 is 2.47 bits per heavy atom. The number of hydrogen-bond donors (Lipinski definition) is 2. The van der Waals surface area contributed by atoms with Gasteiger partial charge in [-0.05, 0) is 27.7 Å². The molecule has 0 aromatic carbocycles. The topological polar surface area (TPSA) is 83.4 Å². The van der Waals surface area contributed by atoms with E-state index in [1.54, 1.807) is 18.7 Å². The molecule has 1 aromatic heterocycles. The van der Waals surface area contributed by atoms with Crippen LogP contribution in [0.3, 0.4) is 0 Å². The van der Waals surface area contributed by atoms with Crippen LogP contribution in [0.5, 0.6) is 6.01 Å². The van der Waals surface area contributed by atoms with Crippen LogP contribution in [0, 0.1) is 0 Å². The summed E-state index contributed by atoms with van der Waals surface area (Å²) in [6, 6.07) is 0.283. The van der Waals surface area contributed by atoms with Crippen LogP contribution in [0.25, 0.3) is 0 Å². The summed E-state index contributed by atoms with van der Waals surface area (Å²) in [4.78, 5) is 14.4. The molecule has 0 saturated heterocycles. The van der Waals surface area contributed by atoms with E-state index in [1.807, 2.05) is 20.9 Å². The Morgan fingerprint density at radius 1 is 1.26 bits per heavy atom. The Balaban J connectivity index is 2.97. The highest BCUT2D eigenvalue weighted by Crippen LogP contribution is 2.16. The van der Waals surface area contributed by atoms with Crippen molar-refractivity contribution in [3.8, 4) is 6.01 Å². The highest BCUT2D eigenvalue weighted by Gasteiger charge is 2.19. The monoisotopic (exact) mass is 269 g/mol. The number of hydrogen-bond acceptors (Lipinski definition) is 7. The van der Waals surface area contributed by atoms with E-state index in [1.165, 1.54) is 0 Å². The van der Waals surface area contributed by atoms with Crippen LogP contribution in [0.2, 0.25) is 0 Å². The van der Waals surface area contributed by atoms with Gasteiger partial charge in [-0.2, -0.15) is 15.0 Å². The minimum atomic E-state index is -0.828. The number of anilines is 2. The number of nitrogens with one attached hydrogen (secondary N) is 1. The lowest BCUT2D eigenvalue weighted by molar-refractivity contribution is 0.0882. The van der Waals surface area contributed by atoms with Crippen molar-refractivity contribution in [3.05, 3.63) is 0 Å². The Hall–Kier alpha value is -1.63. The second-order valence-corrected chi connectivity index (χ2v) is 4.87. The van der Waals surface area contributed by atoms with E-state index >= 15 is 0 Å². The van der Waals surface area contributed by atoms with Crippen LogP contribution in [0.4, 0.5) is 11.9 Å². The van der Waals surface area contributed by atoms with Crippen LogP contribution in [0.15, 0.2) is 0 Å². The van der Waals surface area contributed by atoms with E-state index in [2.05, 4.69) is 20.3 Å². The zero-order valence-corrected chi connectivity index (χ0v) is 12.3. The van der Waals surface area contributed by atoms with Gasteiger partial charge in [0, 0.05) is 20.1 Å². The fourth-order valence-corrected chi connectivity index (χ4v) is 1.60. The predicted molar refractivity (Wildman–Crippen MR) is 74.7 cm³/mol. The van der Waals surface area contributed by atoms with Crippen molar-refractivity contribution in [2.24, 2.45) is 0 Å². The number of ether oxygens (including phenoxy) is 1. The standard InChI is InChI=1S/C12H23N5O2/c1-6-13-9-14-10(16-11(15-9)19-7-2)17(5)8-12(3,4)18/h18H,6-8H2,1-5H3,(H,13,14,15,16). The van der Waals surface area contributed by atoms with Crippen molar-refractivity contribution >= 4 is 11.9 Å². The Morgan fingerprint density at radius 2 is 1.95 bits per heavy atom. The summed E-state index contributed by atoms with van der Waals surface area (Å²) in [5, 5.41) is 12.9. The third-order valence-corrected chi connectivity index (χ3v) is 2.18. The molecule has 0 fully saturated rings. The molecule has 7 heteroatoms. The zero-order valence-electron chi connectivity index (χ0n) is 12.3. The third-order valence-electron chi connectivity index (χ3n) is 2.18. The summed E-state index contributed by atoms with van der Waals surface area (Å²) in [6.45, 7) is 8.92. The minimum absolute atomic E-state index is 0.283. The van der Waals surface area contributed by atoms with Gasteiger partial charge >= 0.3 is 6.01 Å². The van der Waals surface area contributed by atoms with Crippen molar-refractivity contribution in [2.45, 2.75) is 33.3 Å². The van der Waals surface area contributed by atoms with E-state index in [9.17, 15) is 5.11 Å². The van der Waals surface area contributed by atoms with Gasteiger partial charge in [-0.1, -0.05) is 0 Å². The molecule has 1 rings (SSSR count). The van der Waals surface area contributed by atoms with Crippen molar-refractivity contribution in [1.82, 2.24) is 15.0 Å². The van der Waals surface area contributed by atoms with Crippen molar-refractivity contribution < 1.29 is 9.84 Å². The van der Waals surface area contributed by atoms with Gasteiger partial charge in [0.1, 0.15) is 0 Å². The van der Waals surface area contributed by atoms with Gasteiger partial charge in [-0.15, -0.1) is 0 Å². The molecule has 0 saturated carbocycles. The van der Waals surface area contributed by atoms with Gasteiger partial charge < -0.3 is 20.1 Å². The maximum absolute atomic E-state index is 9.83. The van der Waals surface area contributed by atoms with Gasteiger partial charge in [-0.25, -0.2) is 0 Å². The molecule has 108 valence electrons. The maximum atomic E-state index is 9.83. The highest BCUT2D eigenvalue weighted by atomic mass is 16.5. The smallest absolute Gasteiger partial charge is 0.323 e. The van der Waals surface area contributed by atoms with Crippen molar-refractivity contribution in [1.29, 1.82) is 0 Å². The van der Waals surface area contributed by atoms with E-state index in [0.717, 1.165) is 0 Å². The molecule has 0 aliphatic rings. The first-order valence-electron chi connectivity index (χ1n) is 6.42. The average molecular weight is 269 g/mol. The summed E-state index contributed by atoms with van der Waals surface area (Å²) in [5.41, 5.74) is -0.828. The fourth-order valence-electron chi connectivity index (χ4n) is 1.60. The molecule has 19 heavy (non-hydrogen) atoms. The third kappa shape index (κ3) is 5.25. The molecule has 0 radical (unpaired) electrons. The number of rotatable bonds is 7. The molecule has 0 spiro atoms. The lowest BCUT2D eigenvalue weighted by Crippen LogP contribution is -2.37. The van der Waals surface area contributed by atoms with Crippen LogP contribution in [0.1, 0.15) is 27.7 Å². The van der Waals surface area contributed by atoms with Crippen molar-refractivity contribution in [2.75, 3.05) is 37.0 Å². The molecule has 0 bridgehead atoms. The Labute approximate surface area is 114 Å². The van der Waals surface area contributed by atoms with E-state index in [0.29, 0.717) is 31.6 Å². The first kappa shape index (κ1) is 15.4. The molecule has 0 aliphatic heterocycles. The molecular formula is C12H23N5O2. The zero-order chi connectivity index (χ0) is 14.5. The summed E-state index contributed by atoms with van der Waals surface area (Å²) >= 11 is 0. The number of aliphatic hydroxyl groups is 1. The van der Waals surface area contributed by atoms with Gasteiger partial charge in [0.25, 0.3) is 0 Å². The van der Waals surface area contributed by atoms with E-state index in [4.69, 9.17) is 4.74 Å². The number of aromatic nitrogens is 3. The van der Waals surface area contributed by atoms with Crippen LogP contribution in [-0.4, -0.2) is 52.4 Å². The maximum Gasteiger partial charge on any atom is 0.323 e. The van der Waals surface area contributed by atoms with Gasteiger partial charge in [0.15, 0.2) is 0 Å². The van der Waals surface area contributed by atoms with Gasteiger partial charge in [-0.3, -0.25) is 0 Å². The number of likely N-dealkylation sites (N-methyl/N-ethyl adjacent to an activating group) is 1. The fraction of sp³-hybridized carbons (Fsp3) is 0.750. The molecule has 0 amide bonds. The van der Waals surface area contributed by atoms with Crippen LogP contribution >= 0.6 is 0 Å². The molecule has 2 N–H and O–H groups in total. The summed E-state index contributed by atoms with van der Waals surface area (Å²) < 4.78 is 5.32.